The van der Waals surface area contributed by atoms with Gasteiger partial charge in [0.15, 0.2) is 0 Å². The molecule has 1 aromatic carbocycles. The lowest BCUT2D eigenvalue weighted by Crippen LogP contribution is -2.44. The maximum Gasteiger partial charge on any atom is 0.146 e. The van der Waals surface area contributed by atoms with Gasteiger partial charge >= 0.3 is 0 Å². The number of ether oxygens (including phenoxy) is 1. The number of nitrogens with zero attached hydrogens (tertiary/aromatic N) is 4. The third-order valence-electron chi connectivity index (χ3n) is 6.07. The Balaban J connectivity index is 1.38. The van der Waals surface area contributed by atoms with Crippen molar-refractivity contribution >= 4 is 17.2 Å². The van der Waals surface area contributed by atoms with Crippen molar-refractivity contribution in [1.82, 2.24) is 4.98 Å². The van der Waals surface area contributed by atoms with Crippen LogP contribution in [0.15, 0.2) is 36.5 Å². The molecule has 150 valence electrons. The average Bonchev–Trinajstić information content (AvgIpc) is 3.29. The number of rotatable bonds is 5. The van der Waals surface area contributed by atoms with Crippen molar-refractivity contribution in [3.05, 3.63) is 42.3 Å². The number of halogens is 1. The summed E-state index contributed by atoms with van der Waals surface area (Å²) in [6.07, 6.45) is 6.49. The van der Waals surface area contributed by atoms with E-state index in [0.29, 0.717) is 17.5 Å². The topological polar surface area (TPSA) is 31.8 Å². The van der Waals surface area contributed by atoms with Crippen molar-refractivity contribution in [3.63, 3.8) is 0 Å². The van der Waals surface area contributed by atoms with E-state index in [2.05, 4.69) is 33.9 Å². The summed E-state index contributed by atoms with van der Waals surface area (Å²) in [6.45, 7) is 3.92. The number of hydrogen-bond acceptors (Lipinski definition) is 5. The Hall–Kier alpha value is -2.50. The minimum Gasteiger partial charge on any atom is -0.497 e. The standard InChI is InChI=1S/C22H29FN4O/c1-25(22-8-5-18(16-24-22)26-11-3-4-12-26)17-9-13-27(14-10-17)21-15-19(28-2)6-7-20(21)23/h5-8,15-17H,3-4,9-14H2,1-2H3. The van der Waals surface area contributed by atoms with Crippen molar-refractivity contribution in [2.75, 3.05) is 55.0 Å². The number of hydrogen-bond donors (Lipinski definition) is 0. The summed E-state index contributed by atoms with van der Waals surface area (Å²) in [5, 5.41) is 0. The number of methoxy groups -OCH3 is 1. The fraction of sp³-hybridized carbons (Fsp3) is 0.500. The highest BCUT2D eigenvalue weighted by Crippen LogP contribution is 2.30. The summed E-state index contributed by atoms with van der Waals surface area (Å²) in [6, 6.07) is 9.66. The monoisotopic (exact) mass is 384 g/mol. The third-order valence-corrected chi connectivity index (χ3v) is 6.07. The lowest BCUT2D eigenvalue weighted by atomic mass is 10.0. The maximum absolute atomic E-state index is 14.3. The summed E-state index contributed by atoms with van der Waals surface area (Å²) in [5.41, 5.74) is 1.85. The van der Waals surface area contributed by atoms with Gasteiger partial charge in [-0.2, -0.15) is 0 Å². The van der Waals surface area contributed by atoms with Gasteiger partial charge in [-0.15, -0.1) is 0 Å². The highest BCUT2D eigenvalue weighted by atomic mass is 19.1. The molecule has 0 N–H and O–H groups in total. The molecule has 0 unspecified atom stereocenters. The molecular formula is C22H29FN4O. The first-order valence-electron chi connectivity index (χ1n) is 10.2. The maximum atomic E-state index is 14.3. The molecule has 2 aromatic rings. The Labute approximate surface area is 166 Å². The van der Waals surface area contributed by atoms with Gasteiger partial charge < -0.3 is 19.4 Å². The predicted molar refractivity (Wildman–Crippen MR) is 112 cm³/mol. The second kappa shape index (κ2) is 8.25. The molecule has 5 nitrogen and oxygen atoms in total. The van der Waals surface area contributed by atoms with E-state index >= 15 is 0 Å². The Bertz CT molecular complexity index is 784. The Morgan fingerprint density at radius 2 is 1.79 bits per heavy atom. The molecule has 4 rings (SSSR count). The highest BCUT2D eigenvalue weighted by molar-refractivity contribution is 5.54. The molecule has 2 aliphatic heterocycles. The van der Waals surface area contributed by atoms with E-state index in [1.165, 1.54) is 24.6 Å². The van der Waals surface area contributed by atoms with Gasteiger partial charge in [-0.1, -0.05) is 0 Å². The van der Waals surface area contributed by atoms with E-state index in [1.807, 2.05) is 6.20 Å². The number of benzene rings is 1. The van der Waals surface area contributed by atoms with Crippen LogP contribution in [0, 0.1) is 5.82 Å². The second-order valence-electron chi connectivity index (χ2n) is 7.72. The van der Waals surface area contributed by atoms with Gasteiger partial charge in [0.2, 0.25) is 0 Å². The van der Waals surface area contributed by atoms with Gasteiger partial charge in [-0.05, 0) is 49.9 Å². The SMILES string of the molecule is COc1ccc(F)c(N2CCC(N(C)c3ccc(N4CCCC4)cn3)CC2)c1. The number of piperidine rings is 1. The lowest BCUT2D eigenvalue weighted by molar-refractivity contribution is 0.412. The first-order valence-corrected chi connectivity index (χ1v) is 10.2. The normalized spacial score (nSPS) is 17.8. The number of aromatic nitrogens is 1. The predicted octanol–water partition coefficient (Wildman–Crippen LogP) is 3.93. The largest absolute Gasteiger partial charge is 0.497 e. The number of anilines is 3. The van der Waals surface area contributed by atoms with Crippen molar-refractivity contribution in [1.29, 1.82) is 0 Å². The summed E-state index contributed by atoms with van der Waals surface area (Å²) in [4.78, 5) is 11.5. The molecule has 0 aliphatic carbocycles. The summed E-state index contributed by atoms with van der Waals surface area (Å²) in [5.74, 6) is 1.51. The smallest absolute Gasteiger partial charge is 0.146 e. The van der Waals surface area contributed by atoms with Crippen LogP contribution in [0.1, 0.15) is 25.7 Å². The van der Waals surface area contributed by atoms with Gasteiger partial charge in [0.1, 0.15) is 17.4 Å². The molecule has 1 aromatic heterocycles. The van der Waals surface area contributed by atoms with Gasteiger partial charge in [0.25, 0.3) is 0 Å². The van der Waals surface area contributed by atoms with Crippen LogP contribution < -0.4 is 19.4 Å². The minimum atomic E-state index is -0.188. The zero-order chi connectivity index (χ0) is 19.5. The molecular weight excluding hydrogens is 355 g/mol. The van der Waals surface area contributed by atoms with Gasteiger partial charge in [-0.25, -0.2) is 9.37 Å². The van der Waals surface area contributed by atoms with Crippen LogP contribution in [-0.2, 0) is 0 Å². The second-order valence-corrected chi connectivity index (χ2v) is 7.72. The van der Waals surface area contributed by atoms with Crippen molar-refractivity contribution in [2.24, 2.45) is 0 Å². The molecule has 2 saturated heterocycles. The quantitative estimate of drug-likeness (QED) is 0.780. The molecule has 0 atom stereocenters. The van der Waals surface area contributed by atoms with Crippen molar-refractivity contribution < 1.29 is 9.13 Å². The van der Waals surface area contributed by atoms with Crippen molar-refractivity contribution in [2.45, 2.75) is 31.7 Å². The molecule has 6 heteroatoms. The fourth-order valence-corrected chi connectivity index (χ4v) is 4.29. The van der Waals surface area contributed by atoms with Crippen molar-refractivity contribution in [3.8, 4) is 5.75 Å². The van der Waals surface area contributed by atoms with E-state index in [-0.39, 0.29) is 5.82 Å². The van der Waals surface area contributed by atoms with Crippen LogP contribution >= 0.6 is 0 Å². The first-order chi connectivity index (χ1) is 13.7. The molecule has 28 heavy (non-hydrogen) atoms. The fourth-order valence-electron chi connectivity index (χ4n) is 4.29. The minimum absolute atomic E-state index is 0.188. The molecule has 0 bridgehead atoms. The summed E-state index contributed by atoms with van der Waals surface area (Å²) >= 11 is 0. The van der Waals surface area contributed by atoms with E-state index in [4.69, 9.17) is 9.72 Å². The van der Waals surface area contributed by atoms with Crippen LogP contribution in [0.25, 0.3) is 0 Å². The van der Waals surface area contributed by atoms with E-state index in [1.54, 1.807) is 19.2 Å². The van der Waals surface area contributed by atoms with Crippen LogP contribution in [0.3, 0.4) is 0 Å². The average molecular weight is 384 g/mol. The third kappa shape index (κ3) is 3.86. The van der Waals surface area contributed by atoms with Crippen LogP contribution in [0.5, 0.6) is 5.75 Å². The first kappa shape index (κ1) is 18.8. The molecule has 3 heterocycles. The Morgan fingerprint density at radius 3 is 2.43 bits per heavy atom. The van der Waals surface area contributed by atoms with Crippen LogP contribution in [0.4, 0.5) is 21.6 Å². The van der Waals surface area contributed by atoms with Crippen LogP contribution in [0.2, 0.25) is 0 Å². The van der Waals surface area contributed by atoms with E-state index < -0.39 is 0 Å². The summed E-state index contributed by atoms with van der Waals surface area (Å²) in [7, 11) is 3.73. The van der Waals surface area contributed by atoms with E-state index in [9.17, 15) is 4.39 Å². The highest BCUT2D eigenvalue weighted by Gasteiger charge is 2.25. The molecule has 0 spiro atoms. The van der Waals surface area contributed by atoms with Gasteiger partial charge in [0.05, 0.1) is 24.7 Å². The zero-order valence-electron chi connectivity index (χ0n) is 16.8. The summed E-state index contributed by atoms with van der Waals surface area (Å²) < 4.78 is 19.5. The zero-order valence-corrected chi connectivity index (χ0v) is 16.8. The van der Waals surface area contributed by atoms with Crippen LogP contribution in [-0.4, -0.2) is 51.4 Å². The molecule has 0 radical (unpaired) electrons. The van der Waals surface area contributed by atoms with Gasteiger partial charge in [0, 0.05) is 45.3 Å². The Kier molecular flexibility index (Phi) is 5.55. The van der Waals surface area contributed by atoms with E-state index in [0.717, 1.165) is 44.8 Å². The molecule has 0 saturated carbocycles. The lowest BCUT2D eigenvalue weighted by Gasteiger charge is -2.38. The number of pyridine rings is 1. The molecule has 2 fully saturated rings. The molecule has 0 amide bonds. The van der Waals surface area contributed by atoms with Gasteiger partial charge in [-0.3, -0.25) is 0 Å². The Morgan fingerprint density at radius 1 is 1.04 bits per heavy atom. The molecule has 2 aliphatic rings.